The molecule has 1 aliphatic heterocycles. The predicted octanol–water partition coefficient (Wildman–Crippen LogP) is 1.22. The quantitative estimate of drug-likeness (QED) is 0.284. The zero-order valence-corrected chi connectivity index (χ0v) is 23.8. The summed E-state index contributed by atoms with van der Waals surface area (Å²) >= 11 is 0. The largest absolute Gasteiger partial charge is 0.457 e. The summed E-state index contributed by atoms with van der Waals surface area (Å²) in [6, 6.07) is 0. The third kappa shape index (κ3) is 5.68. The zero-order valence-electron chi connectivity index (χ0n) is 23.8. The summed E-state index contributed by atoms with van der Waals surface area (Å²) in [6.07, 6.45) is -4.10. The van der Waals surface area contributed by atoms with Crippen LogP contribution in [-0.4, -0.2) is 82.3 Å². The van der Waals surface area contributed by atoms with Crippen molar-refractivity contribution in [1.82, 2.24) is 0 Å². The van der Waals surface area contributed by atoms with Crippen molar-refractivity contribution in [3.05, 3.63) is 34.9 Å². The van der Waals surface area contributed by atoms with Gasteiger partial charge < -0.3 is 33.9 Å². The van der Waals surface area contributed by atoms with Crippen molar-refractivity contribution < 1.29 is 57.9 Å². The van der Waals surface area contributed by atoms with E-state index in [1.807, 2.05) is 0 Å². The molecule has 0 unspecified atom stereocenters. The molecule has 12 nitrogen and oxygen atoms in total. The molecule has 0 radical (unpaired) electrons. The minimum atomic E-state index is -2.07. The van der Waals surface area contributed by atoms with Gasteiger partial charge in [0.2, 0.25) is 0 Å². The van der Waals surface area contributed by atoms with Crippen LogP contribution in [0.25, 0.3) is 0 Å². The maximum absolute atomic E-state index is 12.8. The van der Waals surface area contributed by atoms with Crippen molar-refractivity contribution in [2.45, 2.75) is 97.6 Å². The van der Waals surface area contributed by atoms with E-state index >= 15 is 0 Å². The van der Waals surface area contributed by atoms with Gasteiger partial charge in [-0.25, -0.2) is 4.79 Å². The average Bonchev–Trinajstić information content (AvgIpc) is 3.08. The van der Waals surface area contributed by atoms with Gasteiger partial charge in [-0.3, -0.25) is 19.2 Å². The molecule has 12 heteroatoms. The summed E-state index contributed by atoms with van der Waals surface area (Å²) in [5.41, 5.74) is -3.07. The molecular formula is C28H36O12. The Morgan fingerprint density at radius 1 is 0.875 bits per heavy atom. The second-order valence-electron chi connectivity index (χ2n) is 10.9. The molecule has 3 rings (SSSR count). The SMILES string of the molecule is CC(=O)O[C@@H]1[C@@H](OC(C)=O)/C(C)=C\[C@@H]2OC(=O)C(C)=C2[C@@H](OC(C)=O)[C@H]2[C@](C)(O)[C@H](O)C=C[C@]2(C)[C@H]1OC(C)=O. The van der Waals surface area contributed by atoms with E-state index in [9.17, 15) is 34.2 Å². The highest BCUT2D eigenvalue weighted by molar-refractivity contribution is 5.92. The Labute approximate surface area is 231 Å². The topological polar surface area (TPSA) is 172 Å². The van der Waals surface area contributed by atoms with E-state index < -0.39 is 83.4 Å². The van der Waals surface area contributed by atoms with Gasteiger partial charge in [0.25, 0.3) is 0 Å². The van der Waals surface area contributed by atoms with Crippen molar-refractivity contribution in [3.8, 4) is 0 Å². The number of aliphatic hydroxyl groups is 2. The fraction of sp³-hybridized carbons (Fsp3) is 0.607. The summed E-state index contributed by atoms with van der Waals surface area (Å²) < 4.78 is 28.4. The lowest BCUT2D eigenvalue weighted by atomic mass is 9.56. The number of fused-ring (bicyclic) bond motifs is 2. The van der Waals surface area contributed by atoms with Gasteiger partial charge in [-0.2, -0.15) is 0 Å². The maximum Gasteiger partial charge on any atom is 0.334 e. The van der Waals surface area contributed by atoms with Crippen LogP contribution in [0.3, 0.4) is 0 Å². The Balaban J connectivity index is 2.51. The molecule has 0 saturated heterocycles. The highest BCUT2D eigenvalue weighted by atomic mass is 16.6. The highest BCUT2D eigenvalue weighted by Gasteiger charge is 2.63. The normalized spacial score (nSPS) is 38.6. The molecule has 9 atom stereocenters. The van der Waals surface area contributed by atoms with Gasteiger partial charge in [0.05, 0.1) is 5.60 Å². The van der Waals surface area contributed by atoms with Crippen LogP contribution < -0.4 is 0 Å². The first-order chi connectivity index (χ1) is 18.4. The van der Waals surface area contributed by atoms with E-state index in [-0.39, 0.29) is 16.7 Å². The van der Waals surface area contributed by atoms with Gasteiger partial charge in [0, 0.05) is 50.2 Å². The van der Waals surface area contributed by atoms with Gasteiger partial charge in [0.15, 0.2) is 18.3 Å². The van der Waals surface area contributed by atoms with E-state index in [4.69, 9.17) is 23.7 Å². The van der Waals surface area contributed by atoms with Crippen molar-refractivity contribution in [3.63, 3.8) is 0 Å². The van der Waals surface area contributed by atoms with E-state index in [1.165, 1.54) is 32.1 Å². The van der Waals surface area contributed by atoms with Crippen molar-refractivity contribution >= 4 is 29.8 Å². The number of esters is 5. The molecule has 220 valence electrons. The lowest BCUT2D eigenvalue weighted by molar-refractivity contribution is -0.218. The molecule has 0 saturated carbocycles. The smallest absolute Gasteiger partial charge is 0.334 e. The van der Waals surface area contributed by atoms with Gasteiger partial charge >= 0.3 is 29.8 Å². The number of hydrogen-bond acceptors (Lipinski definition) is 12. The monoisotopic (exact) mass is 564 g/mol. The Bertz CT molecular complexity index is 1190. The fourth-order valence-electron chi connectivity index (χ4n) is 6.03. The van der Waals surface area contributed by atoms with Crippen LogP contribution >= 0.6 is 0 Å². The molecule has 3 aliphatic rings. The first-order valence-electron chi connectivity index (χ1n) is 12.8. The number of aliphatic hydroxyl groups excluding tert-OH is 1. The first kappa shape index (κ1) is 31.0. The van der Waals surface area contributed by atoms with Crippen LogP contribution in [0.4, 0.5) is 0 Å². The van der Waals surface area contributed by atoms with Crippen LogP contribution in [0.15, 0.2) is 34.9 Å². The van der Waals surface area contributed by atoms with E-state index in [2.05, 4.69) is 0 Å². The van der Waals surface area contributed by atoms with Gasteiger partial charge in [0.1, 0.15) is 18.3 Å². The number of rotatable bonds is 4. The number of hydrogen-bond donors (Lipinski definition) is 2. The molecule has 2 N–H and O–H groups in total. The summed E-state index contributed by atoms with van der Waals surface area (Å²) in [5, 5.41) is 22.7. The zero-order chi connectivity index (χ0) is 30.3. The van der Waals surface area contributed by atoms with Crippen LogP contribution in [-0.2, 0) is 47.7 Å². The number of carbonyl (C=O) groups is 5. The van der Waals surface area contributed by atoms with Gasteiger partial charge in [-0.1, -0.05) is 19.1 Å². The van der Waals surface area contributed by atoms with Crippen LogP contribution in [0.2, 0.25) is 0 Å². The molecule has 0 aromatic heterocycles. The van der Waals surface area contributed by atoms with Crippen molar-refractivity contribution in [2.75, 3.05) is 0 Å². The van der Waals surface area contributed by atoms with Crippen LogP contribution in [0.1, 0.15) is 55.4 Å². The standard InChI is InChI=1S/C28H36O12/c1-12-11-18-20(13(2)26(34)40-18)22(37-15(4)30)24-27(7,10-9-19(33)28(24,8)35)25(39-17(6)32)23(38-16(5)31)21(12)36-14(3)29/h9-11,18-19,21-25,33,35H,1-8H3/b12-11-/t18-,19+,21-,22+,23+,24+,25-,27-,28+/m0/s1. The molecule has 0 bridgehead atoms. The fourth-order valence-corrected chi connectivity index (χ4v) is 6.03. The predicted molar refractivity (Wildman–Crippen MR) is 136 cm³/mol. The lowest BCUT2D eigenvalue weighted by Crippen LogP contribution is -2.66. The van der Waals surface area contributed by atoms with E-state index in [1.54, 1.807) is 13.8 Å². The van der Waals surface area contributed by atoms with Crippen molar-refractivity contribution in [1.29, 1.82) is 0 Å². The molecule has 1 heterocycles. The Morgan fingerprint density at radius 2 is 1.40 bits per heavy atom. The summed E-state index contributed by atoms with van der Waals surface area (Å²) in [4.78, 5) is 62.4. The lowest BCUT2D eigenvalue weighted by Gasteiger charge is -2.55. The van der Waals surface area contributed by atoms with Crippen LogP contribution in [0.5, 0.6) is 0 Å². The molecule has 0 spiro atoms. The third-order valence-electron chi connectivity index (χ3n) is 7.68. The second-order valence-corrected chi connectivity index (χ2v) is 10.9. The van der Waals surface area contributed by atoms with Crippen molar-refractivity contribution in [2.24, 2.45) is 11.3 Å². The Hall–Kier alpha value is -3.51. The molecule has 40 heavy (non-hydrogen) atoms. The molecule has 0 aromatic carbocycles. The number of carbonyl (C=O) groups excluding carboxylic acids is 5. The van der Waals surface area contributed by atoms with Crippen LogP contribution in [0, 0.1) is 11.3 Å². The maximum atomic E-state index is 12.8. The second kappa shape index (κ2) is 11.2. The van der Waals surface area contributed by atoms with Gasteiger partial charge in [-0.15, -0.1) is 0 Å². The molecule has 0 fully saturated rings. The number of ether oxygens (including phenoxy) is 5. The van der Waals surface area contributed by atoms with Gasteiger partial charge in [-0.05, 0) is 32.4 Å². The summed E-state index contributed by atoms with van der Waals surface area (Å²) in [6.45, 7) is 10.4. The minimum Gasteiger partial charge on any atom is -0.457 e. The molecular weight excluding hydrogens is 528 g/mol. The Kier molecular flexibility index (Phi) is 8.66. The molecule has 0 amide bonds. The first-order valence-corrected chi connectivity index (χ1v) is 12.8. The summed E-state index contributed by atoms with van der Waals surface area (Å²) in [7, 11) is 0. The average molecular weight is 565 g/mol. The molecule has 2 aliphatic carbocycles. The van der Waals surface area contributed by atoms with E-state index in [0.717, 1.165) is 27.7 Å². The minimum absolute atomic E-state index is 0.104. The van der Waals surface area contributed by atoms with E-state index in [0.29, 0.717) is 0 Å². The highest BCUT2D eigenvalue weighted by Crippen LogP contribution is 2.53. The third-order valence-corrected chi connectivity index (χ3v) is 7.68. The Morgan fingerprint density at radius 3 is 1.93 bits per heavy atom. The molecule has 0 aromatic rings. The summed E-state index contributed by atoms with van der Waals surface area (Å²) in [5.74, 6) is -5.13.